The number of benzene rings is 1. The van der Waals surface area contributed by atoms with E-state index in [2.05, 4.69) is 21.2 Å². The molecule has 1 N–H and O–H groups in total. The SMILES string of the molecule is CNC(C)(C)c1ccc(F)c(Br)c1. The Balaban J connectivity index is 3.10. The minimum absolute atomic E-state index is 0.129. The van der Waals surface area contributed by atoms with E-state index in [-0.39, 0.29) is 11.4 Å². The molecule has 0 aliphatic carbocycles. The van der Waals surface area contributed by atoms with Crippen LogP contribution in [0.25, 0.3) is 0 Å². The highest BCUT2D eigenvalue weighted by atomic mass is 79.9. The standard InChI is InChI=1S/C10H13BrFN/c1-10(2,13-3)7-4-5-9(12)8(11)6-7/h4-6,13H,1-3H3. The fourth-order valence-electron chi connectivity index (χ4n) is 1.03. The largest absolute Gasteiger partial charge is 0.311 e. The second-order valence-electron chi connectivity index (χ2n) is 3.50. The normalized spacial score (nSPS) is 11.8. The van der Waals surface area contributed by atoms with Gasteiger partial charge in [0.15, 0.2) is 0 Å². The lowest BCUT2D eigenvalue weighted by atomic mass is 9.95. The number of nitrogens with one attached hydrogen (secondary N) is 1. The molecule has 0 saturated carbocycles. The maximum Gasteiger partial charge on any atom is 0.137 e. The molecule has 72 valence electrons. The monoisotopic (exact) mass is 245 g/mol. The van der Waals surface area contributed by atoms with Gasteiger partial charge in [-0.1, -0.05) is 6.07 Å². The van der Waals surface area contributed by atoms with Crippen LogP contribution in [0.15, 0.2) is 22.7 Å². The van der Waals surface area contributed by atoms with E-state index >= 15 is 0 Å². The van der Waals surface area contributed by atoms with Gasteiger partial charge in [-0.05, 0) is 54.5 Å². The van der Waals surface area contributed by atoms with E-state index < -0.39 is 0 Å². The van der Waals surface area contributed by atoms with Crippen molar-refractivity contribution in [1.82, 2.24) is 5.32 Å². The summed E-state index contributed by atoms with van der Waals surface area (Å²) in [4.78, 5) is 0. The minimum atomic E-state index is -0.226. The third-order valence-corrected chi connectivity index (χ3v) is 2.87. The first-order valence-corrected chi connectivity index (χ1v) is 4.91. The van der Waals surface area contributed by atoms with Gasteiger partial charge >= 0.3 is 0 Å². The van der Waals surface area contributed by atoms with Crippen molar-refractivity contribution in [1.29, 1.82) is 0 Å². The number of rotatable bonds is 2. The van der Waals surface area contributed by atoms with Crippen LogP contribution in [-0.2, 0) is 5.54 Å². The molecule has 0 atom stereocenters. The summed E-state index contributed by atoms with van der Waals surface area (Å²) >= 11 is 3.16. The Bertz CT molecular complexity index is 310. The molecular weight excluding hydrogens is 233 g/mol. The molecular formula is C10H13BrFN. The molecule has 0 radical (unpaired) electrons. The second-order valence-corrected chi connectivity index (χ2v) is 4.36. The first-order valence-electron chi connectivity index (χ1n) is 4.12. The highest BCUT2D eigenvalue weighted by Gasteiger charge is 2.18. The molecule has 3 heteroatoms. The molecule has 0 fully saturated rings. The van der Waals surface area contributed by atoms with Crippen LogP contribution < -0.4 is 5.32 Å². The van der Waals surface area contributed by atoms with Crippen molar-refractivity contribution >= 4 is 15.9 Å². The smallest absolute Gasteiger partial charge is 0.137 e. The topological polar surface area (TPSA) is 12.0 Å². The van der Waals surface area contributed by atoms with Gasteiger partial charge in [-0.15, -0.1) is 0 Å². The predicted octanol–water partition coefficient (Wildman–Crippen LogP) is 3.04. The van der Waals surface area contributed by atoms with E-state index in [1.807, 2.05) is 20.9 Å². The fourth-order valence-corrected chi connectivity index (χ4v) is 1.41. The summed E-state index contributed by atoms with van der Waals surface area (Å²) < 4.78 is 13.4. The van der Waals surface area contributed by atoms with Gasteiger partial charge in [0, 0.05) is 5.54 Å². The van der Waals surface area contributed by atoms with Crippen molar-refractivity contribution < 1.29 is 4.39 Å². The average Bonchev–Trinajstić information content (AvgIpc) is 2.09. The highest BCUT2D eigenvalue weighted by molar-refractivity contribution is 9.10. The van der Waals surface area contributed by atoms with Crippen LogP contribution in [0.2, 0.25) is 0 Å². The predicted molar refractivity (Wildman–Crippen MR) is 56.2 cm³/mol. The maximum absolute atomic E-state index is 12.9. The van der Waals surface area contributed by atoms with E-state index in [4.69, 9.17) is 0 Å². The van der Waals surface area contributed by atoms with E-state index in [9.17, 15) is 4.39 Å². The third kappa shape index (κ3) is 2.29. The molecule has 1 aromatic rings. The quantitative estimate of drug-likeness (QED) is 0.845. The summed E-state index contributed by atoms with van der Waals surface area (Å²) in [6.07, 6.45) is 0. The fraction of sp³-hybridized carbons (Fsp3) is 0.400. The summed E-state index contributed by atoms with van der Waals surface area (Å²) in [6.45, 7) is 4.10. The number of hydrogen-bond acceptors (Lipinski definition) is 1. The van der Waals surface area contributed by atoms with Crippen molar-refractivity contribution in [2.24, 2.45) is 0 Å². The molecule has 0 amide bonds. The molecule has 0 bridgehead atoms. The van der Waals surface area contributed by atoms with Crippen LogP contribution in [0.1, 0.15) is 19.4 Å². The van der Waals surface area contributed by atoms with E-state index in [0.29, 0.717) is 4.47 Å². The van der Waals surface area contributed by atoms with Crippen LogP contribution in [0.5, 0.6) is 0 Å². The average molecular weight is 246 g/mol. The Labute approximate surface area is 86.5 Å². The van der Waals surface area contributed by atoms with E-state index in [1.165, 1.54) is 6.07 Å². The lowest BCUT2D eigenvalue weighted by molar-refractivity contribution is 0.443. The number of halogens is 2. The zero-order chi connectivity index (χ0) is 10.1. The first-order chi connectivity index (χ1) is 5.97. The van der Waals surface area contributed by atoms with Crippen molar-refractivity contribution in [3.63, 3.8) is 0 Å². The molecule has 1 nitrogen and oxygen atoms in total. The van der Waals surface area contributed by atoms with Crippen molar-refractivity contribution in [3.05, 3.63) is 34.1 Å². The van der Waals surface area contributed by atoms with Crippen LogP contribution in [0.4, 0.5) is 4.39 Å². The molecule has 0 unspecified atom stereocenters. The van der Waals surface area contributed by atoms with Crippen LogP contribution >= 0.6 is 15.9 Å². The molecule has 1 rings (SSSR count). The Kier molecular flexibility index (Phi) is 3.09. The molecule has 0 aliphatic heterocycles. The van der Waals surface area contributed by atoms with Crippen molar-refractivity contribution in [2.45, 2.75) is 19.4 Å². The Morgan fingerprint density at radius 2 is 2.00 bits per heavy atom. The summed E-state index contributed by atoms with van der Waals surface area (Å²) in [7, 11) is 1.89. The summed E-state index contributed by atoms with van der Waals surface area (Å²) in [5.41, 5.74) is 0.930. The van der Waals surface area contributed by atoms with Gasteiger partial charge in [-0.25, -0.2) is 4.39 Å². The summed E-state index contributed by atoms with van der Waals surface area (Å²) in [6, 6.07) is 5.06. The first kappa shape index (κ1) is 10.7. The van der Waals surface area contributed by atoms with Crippen LogP contribution in [0, 0.1) is 5.82 Å². The van der Waals surface area contributed by atoms with Crippen LogP contribution in [-0.4, -0.2) is 7.05 Å². The minimum Gasteiger partial charge on any atom is -0.311 e. The third-order valence-electron chi connectivity index (χ3n) is 2.27. The van der Waals surface area contributed by atoms with Gasteiger partial charge in [0.05, 0.1) is 4.47 Å². The molecule has 1 aromatic carbocycles. The maximum atomic E-state index is 12.9. The Morgan fingerprint density at radius 3 is 2.46 bits per heavy atom. The summed E-state index contributed by atoms with van der Waals surface area (Å²) in [5, 5.41) is 3.16. The van der Waals surface area contributed by atoms with Gasteiger partial charge in [-0.3, -0.25) is 0 Å². The van der Waals surface area contributed by atoms with E-state index in [0.717, 1.165) is 5.56 Å². The van der Waals surface area contributed by atoms with Gasteiger partial charge in [0.2, 0.25) is 0 Å². The molecule has 0 saturated heterocycles. The zero-order valence-corrected chi connectivity index (χ0v) is 9.57. The summed E-state index contributed by atoms with van der Waals surface area (Å²) in [5.74, 6) is -0.226. The van der Waals surface area contributed by atoms with E-state index in [1.54, 1.807) is 12.1 Å². The highest BCUT2D eigenvalue weighted by Crippen LogP contribution is 2.24. The Morgan fingerprint density at radius 1 is 1.38 bits per heavy atom. The van der Waals surface area contributed by atoms with Gasteiger partial charge in [-0.2, -0.15) is 0 Å². The van der Waals surface area contributed by atoms with Crippen LogP contribution in [0.3, 0.4) is 0 Å². The molecule has 13 heavy (non-hydrogen) atoms. The molecule has 0 heterocycles. The number of hydrogen-bond donors (Lipinski definition) is 1. The second kappa shape index (κ2) is 3.76. The zero-order valence-electron chi connectivity index (χ0n) is 7.99. The van der Waals surface area contributed by atoms with Gasteiger partial charge in [0.1, 0.15) is 5.82 Å². The Hall–Kier alpha value is -0.410. The van der Waals surface area contributed by atoms with Gasteiger partial charge < -0.3 is 5.32 Å². The van der Waals surface area contributed by atoms with Crippen molar-refractivity contribution in [3.8, 4) is 0 Å². The van der Waals surface area contributed by atoms with Gasteiger partial charge in [0.25, 0.3) is 0 Å². The molecule has 0 aliphatic rings. The molecule has 0 spiro atoms. The lowest BCUT2D eigenvalue weighted by Crippen LogP contribution is -2.33. The van der Waals surface area contributed by atoms with Crippen molar-refractivity contribution in [2.75, 3.05) is 7.05 Å². The lowest BCUT2D eigenvalue weighted by Gasteiger charge is -2.24. The molecule has 0 aromatic heterocycles.